The van der Waals surface area contributed by atoms with E-state index in [4.69, 9.17) is 0 Å². The molecular formula is C19H16F3N5OS. The Bertz CT molecular complexity index is 1020. The first kappa shape index (κ1) is 20.6. The molecule has 2 aromatic carbocycles. The summed E-state index contributed by atoms with van der Waals surface area (Å²) >= 11 is 1.51. The van der Waals surface area contributed by atoms with Gasteiger partial charge in [-0.2, -0.15) is 18.3 Å². The number of hydrogen-bond acceptors (Lipinski definition) is 5. The molecule has 0 atom stereocenters. The summed E-state index contributed by atoms with van der Waals surface area (Å²) in [5, 5.41) is 12.2. The molecule has 0 unspecified atom stereocenters. The van der Waals surface area contributed by atoms with Crippen LogP contribution >= 0.6 is 11.8 Å². The van der Waals surface area contributed by atoms with E-state index in [1.165, 1.54) is 30.0 Å². The average Bonchev–Trinajstić information content (AvgIpc) is 3.11. The highest BCUT2D eigenvalue weighted by atomic mass is 32.2. The summed E-state index contributed by atoms with van der Waals surface area (Å²) in [5.74, 6) is 0.138. The van der Waals surface area contributed by atoms with E-state index in [9.17, 15) is 18.0 Å². The number of nitrogens with one attached hydrogen (secondary N) is 1. The third kappa shape index (κ3) is 5.44. The van der Waals surface area contributed by atoms with Gasteiger partial charge in [0.1, 0.15) is 6.33 Å². The molecule has 1 aromatic heterocycles. The lowest BCUT2D eigenvalue weighted by atomic mass is 10.1. The first-order valence-corrected chi connectivity index (χ1v) is 9.38. The number of alkyl halides is 3. The van der Waals surface area contributed by atoms with Gasteiger partial charge in [0.15, 0.2) is 5.16 Å². The lowest BCUT2D eigenvalue weighted by molar-refractivity contribution is -0.137. The van der Waals surface area contributed by atoms with Crippen LogP contribution in [0.3, 0.4) is 0 Å². The summed E-state index contributed by atoms with van der Waals surface area (Å²) in [5.41, 5.74) is 2.63. The van der Waals surface area contributed by atoms with E-state index in [1.807, 2.05) is 7.05 Å². The number of nitrogens with zero attached hydrogens (tertiary/aromatic N) is 4. The zero-order valence-electron chi connectivity index (χ0n) is 15.2. The minimum absolute atomic E-state index is 0.128. The molecule has 1 heterocycles. The maximum atomic E-state index is 13.0. The van der Waals surface area contributed by atoms with Gasteiger partial charge in [0.2, 0.25) is 0 Å². The minimum Gasteiger partial charge on any atom is -0.312 e. The molecule has 0 radical (unpaired) electrons. The maximum Gasteiger partial charge on any atom is 0.417 e. The van der Waals surface area contributed by atoms with Crippen molar-refractivity contribution in [3.05, 3.63) is 77.1 Å². The summed E-state index contributed by atoms with van der Waals surface area (Å²) in [7, 11) is 1.85. The van der Waals surface area contributed by atoms with E-state index in [-0.39, 0.29) is 5.56 Å². The van der Waals surface area contributed by atoms with Crippen LogP contribution in [0.5, 0.6) is 0 Å². The molecule has 3 rings (SSSR count). The van der Waals surface area contributed by atoms with Gasteiger partial charge >= 0.3 is 6.18 Å². The predicted octanol–water partition coefficient (Wildman–Crippen LogP) is 3.89. The Hall–Kier alpha value is -3.14. The van der Waals surface area contributed by atoms with Crippen LogP contribution in [0, 0.1) is 0 Å². The smallest absolute Gasteiger partial charge is 0.312 e. The number of hydrogen-bond donors (Lipinski definition) is 1. The van der Waals surface area contributed by atoms with E-state index < -0.39 is 17.6 Å². The van der Waals surface area contributed by atoms with Crippen molar-refractivity contribution >= 4 is 23.9 Å². The van der Waals surface area contributed by atoms with Crippen molar-refractivity contribution in [3.63, 3.8) is 0 Å². The van der Waals surface area contributed by atoms with Crippen LogP contribution in [-0.2, 0) is 19.0 Å². The number of thioether (sulfide) groups is 1. The Morgan fingerprint density at radius 1 is 1.21 bits per heavy atom. The van der Waals surface area contributed by atoms with Crippen LogP contribution < -0.4 is 5.43 Å². The molecule has 0 spiro atoms. The van der Waals surface area contributed by atoms with Crippen LogP contribution in [0.2, 0.25) is 0 Å². The highest BCUT2D eigenvalue weighted by Crippen LogP contribution is 2.31. The zero-order valence-corrected chi connectivity index (χ0v) is 16.0. The minimum atomic E-state index is -4.49. The molecule has 29 heavy (non-hydrogen) atoms. The van der Waals surface area contributed by atoms with Crippen molar-refractivity contribution in [3.8, 4) is 0 Å². The van der Waals surface area contributed by atoms with Gasteiger partial charge in [0, 0.05) is 23.9 Å². The number of benzene rings is 2. The molecule has 0 aliphatic rings. The number of halogens is 3. The number of hydrazone groups is 1. The van der Waals surface area contributed by atoms with Crippen molar-refractivity contribution in [2.24, 2.45) is 12.1 Å². The summed E-state index contributed by atoms with van der Waals surface area (Å²) in [4.78, 5) is 12.1. The lowest BCUT2D eigenvalue weighted by Crippen LogP contribution is -2.18. The second-order valence-electron chi connectivity index (χ2n) is 5.99. The Morgan fingerprint density at radius 2 is 1.93 bits per heavy atom. The molecule has 0 saturated heterocycles. The number of amides is 1. The maximum absolute atomic E-state index is 13.0. The van der Waals surface area contributed by atoms with Crippen molar-refractivity contribution in [1.82, 2.24) is 20.2 Å². The standard InChI is InChI=1S/C19H16F3N5OS/c1-27-12-24-26-18(27)29-11-13-6-8-14(9-7-13)17(28)25-23-10-15-4-2-3-5-16(15)19(20,21)22/h2-10,12H,11H2,1H3,(H,25,28)/b23-10+. The summed E-state index contributed by atoms with van der Waals surface area (Å²) in [6.45, 7) is 0. The molecule has 0 fully saturated rings. The summed E-state index contributed by atoms with van der Waals surface area (Å²) in [6.07, 6.45) is -1.90. The molecule has 10 heteroatoms. The van der Waals surface area contributed by atoms with E-state index in [0.29, 0.717) is 11.3 Å². The van der Waals surface area contributed by atoms with Gasteiger partial charge in [0.25, 0.3) is 5.91 Å². The fraction of sp³-hybridized carbons (Fsp3) is 0.158. The topological polar surface area (TPSA) is 72.2 Å². The Labute approximate surface area is 168 Å². The van der Waals surface area contributed by atoms with Gasteiger partial charge in [-0.15, -0.1) is 10.2 Å². The summed E-state index contributed by atoms with van der Waals surface area (Å²) in [6, 6.07) is 11.8. The highest BCUT2D eigenvalue weighted by Gasteiger charge is 2.32. The van der Waals surface area contributed by atoms with Gasteiger partial charge in [-0.05, 0) is 23.8 Å². The molecular weight excluding hydrogens is 403 g/mol. The van der Waals surface area contributed by atoms with Gasteiger partial charge in [-0.3, -0.25) is 4.79 Å². The number of aromatic nitrogens is 3. The van der Waals surface area contributed by atoms with Crippen molar-refractivity contribution in [1.29, 1.82) is 0 Å². The van der Waals surface area contributed by atoms with Gasteiger partial charge in [-0.1, -0.05) is 42.1 Å². The number of rotatable bonds is 6. The van der Waals surface area contributed by atoms with Crippen molar-refractivity contribution in [2.75, 3.05) is 0 Å². The molecule has 1 N–H and O–H groups in total. The van der Waals surface area contributed by atoms with E-state index in [0.717, 1.165) is 23.0 Å². The molecule has 0 aliphatic carbocycles. The fourth-order valence-electron chi connectivity index (χ4n) is 2.40. The highest BCUT2D eigenvalue weighted by molar-refractivity contribution is 7.98. The zero-order chi connectivity index (χ0) is 20.9. The summed E-state index contributed by atoms with van der Waals surface area (Å²) < 4.78 is 40.7. The van der Waals surface area contributed by atoms with Gasteiger partial charge in [-0.25, -0.2) is 5.43 Å². The van der Waals surface area contributed by atoms with Crippen LogP contribution in [0.15, 0.2) is 65.1 Å². The van der Waals surface area contributed by atoms with E-state index in [1.54, 1.807) is 35.2 Å². The molecule has 0 bridgehead atoms. The number of carbonyl (C=O) groups is 1. The molecule has 0 saturated carbocycles. The Balaban J connectivity index is 1.59. The third-order valence-electron chi connectivity index (χ3n) is 3.89. The van der Waals surface area contributed by atoms with Crippen LogP contribution in [-0.4, -0.2) is 26.9 Å². The average molecular weight is 419 g/mol. The second-order valence-corrected chi connectivity index (χ2v) is 6.94. The first-order chi connectivity index (χ1) is 13.8. The van der Waals surface area contributed by atoms with Crippen molar-refractivity contribution < 1.29 is 18.0 Å². The predicted molar refractivity (Wildman–Crippen MR) is 104 cm³/mol. The molecule has 1 amide bonds. The van der Waals surface area contributed by atoms with E-state index in [2.05, 4.69) is 20.7 Å². The molecule has 150 valence electrons. The van der Waals surface area contributed by atoms with Gasteiger partial charge in [0.05, 0.1) is 11.8 Å². The number of aryl methyl sites for hydroxylation is 1. The van der Waals surface area contributed by atoms with Crippen LogP contribution in [0.1, 0.15) is 27.0 Å². The normalized spacial score (nSPS) is 11.7. The van der Waals surface area contributed by atoms with Crippen LogP contribution in [0.25, 0.3) is 0 Å². The Morgan fingerprint density at radius 3 is 2.59 bits per heavy atom. The lowest BCUT2D eigenvalue weighted by Gasteiger charge is -2.09. The SMILES string of the molecule is Cn1cnnc1SCc1ccc(C(=O)N/N=C/c2ccccc2C(F)(F)F)cc1. The fourth-order valence-corrected chi connectivity index (χ4v) is 3.24. The largest absolute Gasteiger partial charge is 0.417 e. The van der Waals surface area contributed by atoms with E-state index >= 15 is 0 Å². The molecule has 6 nitrogen and oxygen atoms in total. The van der Waals surface area contributed by atoms with Gasteiger partial charge < -0.3 is 4.57 Å². The van der Waals surface area contributed by atoms with Crippen molar-refractivity contribution in [2.45, 2.75) is 17.1 Å². The quantitative estimate of drug-likeness (QED) is 0.374. The third-order valence-corrected chi connectivity index (χ3v) is 5.00. The second kappa shape index (κ2) is 8.91. The monoisotopic (exact) mass is 419 g/mol. The Kier molecular flexibility index (Phi) is 6.32. The molecule has 3 aromatic rings. The molecule has 0 aliphatic heterocycles. The number of carbonyl (C=O) groups excluding carboxylic acids is 1. The van der Waals surface area contributed by atoms with Crippen LogP contribution in [0.4, 0.5) is 13.2 Å². The first-order valence-electron chi connectivity index (χ1n) is 8.40.